The zero-order valence-electron chi connectivity index (χ0n) is 11.3. The molecule has 102 valence electrons. The molecule has 18 heavy (non-hydrogen) atoms. The number of hydrogen-bond donors (Lipinski definition) is 1. The van der Waals surface area contributed by atoms with Crippen LogP contribution in [0.5, 0.6) is 0 Å². The van der Waals surface area contributed by atoms with Crippen LogP contribution < -0.4 is 5.73 Å². The fourth-order valence-electron chi connectivity index (χ4n) is 2.24. The molecule has 0 aliphatic carbocycles. The average molecular weight is 256 g/mol. The van der Waals surface area contributed by atoms with Gasteiger partial charge in [0.2, 0.25) is 0 Å². The molecule has 1 aromatic rings. The smallest absolute Gasteiger partial charge is 0.128 e. The molecule has 2 nitrogen and oxygen atoms in total. The Morgan fingerprint density at radius 2 is 1.94 bits per heavy atom. The van der Waals surface area contributed by atoms with Crippen LogP contribution in [0.15, 0.2) is 18.2 Å². The van der Waals surface area contributed by atoms with E-state index in [9.17, 15) is 8.78 Å². The molecule has 0 heterocycles. The number of rotatable bonds is 6. The maximum absolute atomic E-state index is 13.8. The van der Waals surface area contributed by atoms with Gasteiger partial charge in [-0.2, -0.15) is 0 Å². The van der Waals surface area contributed by atoms with Gasteiger partial charge in [0.05, 0.1) is 6.04 Å². The van der Waals surface area contributed by atoms with Gasteiger partial charge in [-0.25, -0.2) is 8.78 Å². The predicted molar refractivity (Wildman–Crippen MR) is 70.3 cm³/mol. The second-order valence-electron chi connectivity index (χ2n) is 4.75. The third-order valence-electron chi connectivity index (χ3n) is 3.09. The van der Waals surface area contributed by atoms with Gasteiger partial charge in [-0.3, -0.25) is 4.90 Å². The molecular weight excluding hydrogens is 234 g/mol. The Kier molecular flexibility index (Phi) is 5.69. The molecule has 0 saturated heterocycles. The van der Waals surface area contributed by atoms with Crippen molar-refractivity contribution >= 4 is 0 Å². The monoisotopic (exact) mass is 256 g/mol. The molecule has 0 saturated carbocycles. The molecule has 1 aromatic carbocycles. The topological polar surface area (TPSA) is 29.3 Å². The van der Waals surface area contributed by atoms with Crippen molar-refractivity contribution in [3.63, 3.8) is 0 Å². The van der Waals surface area contributed by atoms with E-state index in [0.29, 0.717) is 5.56 Å². The third kappa shape index (κ3) is 3.50. The summed E-state index contributed by atoms with van der Waals surface area (Å²) in [6, 6.07) is 3.50. The molecule has 0 radical (unpaired) electrons. The van der Waals surface area contributed by atoms with Crippen molar-refractivity contribution in [2.45, 2.75) is 39.3 Å². The Morgan fingerprint density at radius 3 is 2.44 bits per heavy atom. The van der Waals surface area contributed by atoms with Crippen molar-refractivity contribution in [1.82, 2.24) is 4.90 Å². The maximum Gasteiger partial charge on any atom is 0.128 e. The van der Waals surface area contributed by atoms with Gasteiger partial charge >= 0.3 is 0 Å². The molecule has 0 aliphatic rings. The van der Waals surface area contributed by atoms with E-state index < -0.39 is 11.6 Å². The largest absolute Gasteiger partial charge is 0.329 e. The first kappa shape index (κ1) is 15.1. The quantitative estimate of drug-likeness (QED) is 0.847. The van der Waals surface area contributed by atoms with E-state index in [-0.39, 0.29) is 18.6 Å². The number of benzene rings is 1. The van der Waals surface area contributed by atoms with E-state index in [2.05, 4.69) is 11.8 Å². The summed E-state index contributed by atoms with van der Waals surface area (Å²) < 4.78 is 27.1. The van der Waals surface area contributed by atoms with Crippen LogP contribution in [0.1, 0.15) is 38.8 Å². The first-order valence-corrected chi connectivity index (χ1v) is 6.42. The number of nitrogens with zero attached hydrogens (tertiary/aromatic N) is 1. The van der Waals surface area contributed by atoms with Gasteiger partial charge in [-0.15, -0.1) is 0 Å². The second-order valence-corrected chi connectivity index (χ2v) is 4.75. The van der Waals surface area contributed by atoms with Crippen LogP contribution in [0.2, 0.25) is 0 Å². The predicted octanol–water partition coefficient (Wildman–Crippen LogP) is 3.09. The fourth-order valence-corrected chi connectivity index (χ4v) is 2.24. The molecule has 0 spiro atoms. The van der Waals surface area contributed by atoms with Crippen molar-refractivity contribution in [2.75, 3.05) is 13.1 Å². The highest BCUT2D eigenvalue weighted by atomic mass is 19.1. The van der Waals surface area contributed by atoms with E-state index in [4.69, 9.17) is 5.73 Å². The van der Waals surface area contributed by atoms with Crippen molar-refractivity contribution < 1.29 is 8.78 Å². The second kappa shape index (κ2) is 6.81. The summed E-state index contributed by atoms with van der Waals surface area (Å²) in [7, 11) is 0. The fraction of sp³-hybridized carbons (Fsp3) is 0.571. The summed E-state index contributed by atoms with van der Waals surface area (Å²) in [5, 5.41) is 0. The van der Waals surface area contributed by atoms with E-state index in [1.165, 1.54) is 6.07 Å². The van der Waals surface area contributed by atoms with Crippen LogP contribution in [-0.4, -0.2) is 24.0 Å². The molecule has 1 atom stereocenters. The van der Waals surface area contributed by atoms with Crippen molar-refractivity contribution in [3.8, 4) is 0 Å². The van der Waals surface area contributed by atoms with Crippen LogP contribution in [-0.2, 0) is 0 Å². The van der Waals surface area contributed by atoms with Crippen LogP contribution in [0.3, 0.4) is 0 Å². The lowest BCUT2D eigenvalue weighted by atomic mass is 10.0. The Morgan fingerprint density at radius 1 is 1.28 bits per heavy atom. The molecule has 1 unspecified atom stereocenters. The molecule has 0 amide bonds. The highest BCUT2D eigenvalue weighted by molar-refractivity contribution is 5.23. The lowest BCUT2D eigenvalue weighted by molar-refractivity contribution is 0.154. The number of nitrogens with two attached hydrogens (primary N) is 1. The average Bonchev–Trinajstić information content (AvgIpc) is 2.33. The normalized spacial score (nSPS) is 13.3. The van der Waals surface area contributed by atoms with Crippen molar-refractivity contribution in [2.24, 2.45) is 5.73 Å². The summed E-state index contributed by atoms with van der Waals surface area (Å²) in [4.78, 5) is 2.11. The zero-order valence-corrected chi connectivity index (χ0v) is 11.3. The summed E-state index contributed by atoms with van der Waals surface area (Å²) in [5.41, 5.74) is 6.11. The van der Waals surface area contributed by atoms with Gasteiger partial charge in [0, 0.05) is 18.2 Å². The van der Waals surface area contributed by atoms with E-state index in [1.54, 1.807) is 0 Å². The van der Waals surface area contributed by atoms with Gasteiger partial charge in [0.25, 0.3) is 0 Å². The standard InChI is InChI=1S/C14H22F2N2/c1-4-7-18(10(2)3)14(9-17)12-8-11(15)5-6-13(12)16/h5-6,8,10,14H,4,7,9,17H2,1-3H3. The highest BCUT2D eigenvalue weighted by Gasteiger charge is 2.23. The van der Waals surface area contributed by atoms with E-state index >= 15 is 0 Å². The molecule has 0 aliphatic heterocycles. The minimum absolute atomic E-state index is 0.237. The Bertz CT molecular complexity index is 380. The lowest BCUT2D eigenvalue weighted by Crippen LogP contribution is -2.39. The van der Waals surface area contributed by atoms with Crippen molar-refractivity contribution in [1.29, 1.82) is 0 Å². The minimum atomic E-state index is -0.426. The summed E-state index contributed by atoms with van der Waals surface area (Å²) in [6.07, 6.45) is 0.950. The molecule has 0 aromatic heterocycles. The minimum Gasteiger partial charge on any atom is -0.329 e. The Hall–Kier alpha value is -1.00. The third-order valence-corrected chi connectivity index (χ3v) is 3.09. The van der Waals surface area contributed by atoms with Crippen molar-refractivity contribution in [3.05, 3.63) is 35.4 Å². The molecule has 1 rings (SSSR count). The van der Waals surface area contributed by atoms with Crippen LogP contribution in [0.25, 0.3) is 0 Å². The Balaban J connectivity index is 3.10. The number of hydrogen-bond acceptors (Lipinski definition) is 2. The molecular formula is C14H22F2N2. The van der Waals surface area contributed by atoms with Gasteiger partial charge in [0.15, 0.2) is 0 Å². The van der Waals surface area contributed by atoms with E-state index in [1.807, 2.05) is 13.8 Å². The van der Waals surface area contributed by atoms with E-state index in [0.717, 1.165) is 25.1 Å². The van der Waals surface area contributed by atoms with Crippen LogP contribution >= 0.6 is 0 Å². The SMILES string of the molecule is CCCN(C(C)C)C(CN)c1cc(F)ccc1F. The molecule has 0 bridgehead atoms. The summed E-state index contributed by atoms with van der Waals surface area (Å²) in [6.45, 7) is 7.23. The molecule has 0 fully saturated rings. The van der Waals surface area contributed by atoms with Crippen LogP contribution in [0, 0.1) is 11.6 Å². The summed E-state index contributed by atoms with van der Waals surface area (Å²) in [5.74, 6) is -0.821. The Labute approximate surface area is 108 Å². The maximum atomic E-state index is 13.8. The van der Waals surface area contributed by atoms with Crippen LogP contribution in [0.4, 0.5) is 8.78 Å². The van der Waals surface area contributed by atoms with Gasteiger partial charge in [0.1, 0.15) is 11.6 Å². The van der Waals surface area contributed by atoms with Gasteiger partial charge in [-0.05, 0) is 45.0 Å². The first-order chi connectivity index (χ1) is 8.51. The molecule has 4 heteroatoms. The molecule has 2 N–H and O–H groups in total. The first-order valence-electron chi connectivity index (χ1n) is 6.42. The lowest BCUT2D eigenvalue weighted by Gasteiger charge is -2.34. The zero-order chi connectivity index (χ0) is 13.7. The van der Waals surface area contributed by atoms with Gasteiger partial charge < -0.3 is 5.73 Å². The number of halogens is 2. The highest BCUT2D eigenvalue weighted by Crippen LogP contribution is 2.25. The van der Waals surface area contributed by atoms with Gasteiger partial charge in [-0.1, -0.05) is 6.92 Å². The summed E-state index contributed by atoms with van der Waals surface area (Å²) >= 11 is 0.